The first-order valence-electron chi connectivity index (χ1n) is 6.72. The summed E-state index contributed by atoms with van der Waals surface area (Å²) in [5, 5.41) is 15.5. The van der Waals surface area contributed by atoms with E-state index in [-0.39, 0.29) is 36.3 Å². The van der Waals surface area contributed by atoms with Crippen LogP contribution in [0.15, 0.2) is 24.5 Å². The van der Waals surface area contributed by atoms with E-state index in [1.165, 1.54) is 18.5 Å². The van der Waals surface area contributed by atoms with Gasteiger partial charge in [0.25, 0.3) is 5.91 Å². The van der Waals surface area contributed by atoms with Crippen LogP contribution in [0.5, 0.6) is 0 Å². The van der Waals surface area contributed by atoms with E-state index in [0.29, 0.717) is 30.7 Å². The van der Waals surface area contributed by atoms with Crippen LogP contribution in [0.25, 0.3) is 11.0 Å². The summed E-state index contributed by atoms with van der Waals surface area (Å²) in [4.78, 5) is 20.3. The molecule has 1 aliphatic heterocycles. The fourth-order valence-corrected chi connectivity index (χ4v) is 2.46. The van der Waals surface area contributed by atoms with Gasteiger partial charge in [-0.1, -0.05) is 0 Å². The van der Waals surface area contributed by atoms with Gasteiger partial charge in [0.15, 0.2) is 0 Å². The Bertz CT molecular complexity index is 689. The van der Waals surface area contributed by atoms with Crippen molar-refractivity contribution in [2.24, 2.45) is 5.92 Å². The number of fused-ring (bicyclic) bond motifs is 1. The van der Waals surface area contributed by atoms with Crippen molar-refractivity contribution in [3.8, 4) is 0 Å². The lowest BCUT2D eigenvalue weighted by Crippen LogP contribution is -2.34. The molecule has 0 aliphatic carbocycles. The second kappa shape index (κ2) is 8.35. The molecule has 2 heterocycles. The Morgan fingerprint density at radius 3 is 2.74 bits per heavy atom. The van der Waals surface area contributed by atoms with Crippen LogP contribution in [-0.2, 0) is 0 Å². The lowest BCUT2D eigenvalue weighted by Gasteiger charge is -2.14. The van der Waals surface area contributed by atoms with E-state index in [4.69, 9.17) is 0 Å². The number of carbonyl (C=O) groups excluding carboxylic acids is 1. The number of benzene rings is 1. The van der Waals surface area contributed by atoms with Crippen LogP contribution < -0.4 is 10.6 Å². The van der Waals surface area contributed by atoms with Gasteiger partial charge in [-0.25, -0.2) is 4.39 Å². The number of amides is 1. The van der Waals surface area contributed by atoms with E-state index in [0.717, 1.165) is 6.07 Å². The van der Waals surface area contributed by atoms with Crippen LogP contribution in [0.3, 0.4) is 0 Å². The monoisotopic (exact) mass is 362 g/mol. The molecule has 0 bridgehead atoms. The number of hydrogen-bond donors (Lipinski definition) is 3. The van der Waals surface area contributed by atoms with Gasteiger partial charge in [0.2, 0.25) is 0 Å². The molecule has 3 rings (SSSR count). The maximum absolute atomic E-state index is 13.6. The zero-order valence-corrected chi connectivity index (χ0v) is 13.7. The highest BCUT2D eigenvalue weighted by Gasteiger charge is 2.25. The van der Waals surface area contributed by atoms with Crippen LogP contribution >= 0.6 is 24.8 Å². The molecule has 2 unspecified atom stereocenters. The average molecular weight is 363 g/mol. The summed E-state index contributed by atoms with van der Waals surface area (Å²) >= 11 is 0. The van der Waals surface area contributed by atoms with Crippen molar-refractivity contribution < 1.29 is 14.3 Å². The minimum atomic E-state index is -0.532. The van der Waals surface area contributed by atoms with Gasteiger partial charge in [-0.3, -0.25) is 14.8 Å². The third-order valence-electron chi connectivity index (χ3n) is 3.61. The van der Waals surface area contributed by atoms with Gasteiger partial charge in [-0.15, -0.1) is 24.8 Å². The summed E-state index contributed by atoms with van der Waals surface area (Å²) in [7, 11) is 0. The quantitative estimate of drug-likeness (QED) is 0.755. The van der Waals surface area contributed by atoms with Crippen LogP contribution in [0.2, 0.25) is 0 Å². The van der Waals surface area contributed by atoms with E-state index in [2.05, 4.69) is 20.6 Å². The molecule has 2 aromatic rings. The van der Waals surface area contributed by atoms with E-state index < -0.39 is 17.8 Å². The van der Waals surface area contributed by atoms with Gasteiger partial charge in [0.05, 0.1) is 17.2 Å². The smallest absolute Gasteiger partial charge is 0.253 e. The second-order valence-corrected chi connectivity index (χ2v) is 5.07. The topological polar surface area (TPSA) is 87.1 Å². The molecule has 126 valence electrons. The standard InChI is InChI=1S/C14H15FN4O2.2ClH/c15-9-3-10(13-11(4-9)17-1-2-18-13)14(21)19-6-8-5-16-7-12(8)20;;/h1-4,8,12,16,20H,5-7H2,(H,19,21);2*1H. The molecule has 1 aromatic heterocycles. The van der Waals surface area contributed by atoms with Crippen molar-refractivity contribution in [2.75, 3.05) is 19.6 Å². The van der Waals surface area contributed by atoms with Crippen molar-refractivity contribution in [1.82, 2.24) is 20.6 Å². The van der Waals surface area contributed by atoms with E-state index >= 15 is 0 Å². The van der Waals surface area contributed by atoms with Crippen LogP contribution in [0.1, 0.15) is 10.4 Å². The predicted octanol–water partition coefficient (Wildman–Crippen LogP) is 0.923. The molecule has 1 aliphatic rings. The van der Waals surface area contributed by atoms with Crippen LogP contribution in [0.4, 0.5) is 4.39 Å². The van der Waals surface area contributed by atoms with Gasteiger partial charge >= 0.3 is 0 Å². The summed E-state index contributed by atoms with van der Waals surface area (Å²) in [5.74, 6) is -0.991. The zero-order chi connectivity index (χ0) is 14.8. The van der Waals surface area contributed by atoms with Gasteiger partial charge in [-0.05, 0) is 6.07 Å². The fraction of sp³-hybridized carbons (Fsp3) is 0.357. The zero-order valence-electron chi connectivity index (χ0n) is 12.0. The Morgan fingerprint density at radius 1 is 1.30 bits per heavy atom. The Morgan fingerprint density at radius 2 is 2.04 bits per heavy atom. The third kappa shape index (κ3) is 4.26. The number of aliphatic hydroxyl groups excluding tert-OH is 1. The minimum absolute atomic E-state index is 0. The molecule has 1 amide bonds. The maximum Gasteiger partial charge on any atom is 0.253 e. The number of halogens is 3. The molecule has 0 radical (unpaired) electrons. The number of aromatic nitrogens is 2. The number of rotatable bonds is 3. The summed E-state index contributed by atoms with van der Waals surface area (Å²) < 4.78 is 13.6. The Balaban J connectivity index is 0.00000132. The van der Waals surface area contributed by atoms with E-state index in [1.54, 1.807) is 0 Å². The van der Waals surface area contributed by atoms with E-state index in [1.807, 2.05) is 0 Å². The molecule has 0 saturated carbocycles. The van der Waals surface area contributed by atoms with Gasteiger partial charge in [0.1, 0.15) is 11.3 Å². The average Bonchev–Trinajstić information content (AvgIpc) is 2.89. The van der Waals surface area contributed by atoms with Crippen molar-refractivity contribution in [3.05, 3.63) is 35.9 Å². The lowest BCUT2D eigenvalue weighted by molar-refractivity contribution is 0.0928. The first-order valence-corrected chi connectivity index (χ1v) is 6.72. The lowest BCUT2D eigenvalue weighted by atomic mass is 10.1. The highest BCUT2D eigenvalue weighted by atomic mass is 35.5. The van der Waals surface area contributed by atoms with Crippen molar-refractivity contribution in [2.45, 2.75) is 6.10 Å². The minimum Gasteiger partial charge on any atom is -0.391 e. The summed E-state index contributed by atoms with van der Waals surface area (Å²) in [6.45, 7) is 1.49. The third-order valence-corrected chi connectivity index (χ3v) is 3.61. The molecular formula is C14H17Cl2FN4O2. The number of nitrogens with zero attached hydrogens (tertiary/aromatic N) is 2. The van der Waals surface area contributed by atoms with Crippen LogP contribution in [0, 0.1) is 11.7 Å². The van der Waals surface area contributed by atoms with Crippen molar-refractivity contribution >= 4 is 41.8 Å². The largest absolute Gasteiger partial charge is 0.391 e. The first kappa shape index (κ1) is 19.5. The highest BCUT2D eigenvalue weighted by Crippen LogP contribution is 2.17. The number of nitrogens with one attached hydrogen (secondary N) is 2. The number of carbonyl (C=O) groups is 1. The van der Waals surface area contributed by atoms with Crippen LogP contribution in [-0.4, -0.2) is 46.7 Å². The van der Waals surface area contributed by atoms with Gasteiger partial charge < -0.3 is 15.7 Å². The molecule has 1 aromatic carbocycles. The van der Waals surface area contributed by atoms with Crippen molar-refractivity contribution in [1.29, 1.82) is 0 Å². The summed E-state index contributed by atoms with van der Waals surface area (Å²) in [6, 6.07) is 2.39. The Kier molecular flexibility index (Phi) is 7.08. The molecule has 1 fully saturated rings. The summed E-state index contributed by atoms with van der Waals surface area (Å²) in [6.07, 6.45) is 2.43. The fourth-order valence-electron chi connectivity index (χ4n) is 2.46. The normalized spacial score (nSPS) is 19.7. The maximum atomic E-state index is 13.6. The first-order chi connectivity index (χ1) is 10.1. The Hall–Kier alpha value is -1.54. The predicted molar refractivity (Wildman–Crippen MR) is 88.7 cm³/mol. The van der Waals surface area contributed by atoms with Gasteiger partial charge in [0, 0.05) is 44.0 Å². The molecule has 6 nitrogen and oxygen atoms in total. The summed E-state index contributed by atoms with van der Waals surface area (Å²) in [5.41, 5.74) is 0.852. The van der Waals surface area contributed by atoms with Crippen molar-refractivity contribution in [3.63, 3.8) is 0 Å². The SMILES string of the molecule is Cl.Cl.O=C(NCC1CNCC1O)c1cc(F)cc2nccnc12. The second-order valence-electron chi connectivity index (χ2n) is 5.07. The number of β-amino-alcohol motifs (C(OH)–C–C–N with tert-alkyl or cyclic N) is 1. The number of hydrogen-bond acceptors (Lipinski definition) is 5. The molecule has 23 heavy (non-hydrogen) atoms. The highest BCUT2D eigenvalue weighted by molar-refractivity contribution is 6.04. The molecule has 0 spiro atoms. The molecule has 1 saturated heterocycles. The van der Waals surface area contributed by atoms with E-state index in [9.17, 15) is 14.3 Å². The number of aliphatic hydroxyl groups is 1. The molecular weight excluding hydrogens is 346 g/mol. The van der Waals surface area contributed by atoms with Gasteiger partial charge in [-0.2, -0.15) is 0 Å². The molecule has 9 heteroatoms. The molecule has 3 N–H and O–H groups in total. The molecule has 2 atom stereocenters. The Labute approximate surface area is 144 Å².